The summed E-state index contributed by atoms with van der Waals surface area (Å²) in [5, 5.41) is 2.80. The van der Waals surface area contributed by atoms with Gasteiger partial charge in [-0.3, -0.25) is 9.35 Å². The van der Waals surface area contributed by atoms with Crippen LogP contribution in [0.2, 0.25) is 0 Å². The van der Waals surface area contributed by atoms with E-state index in [9.17, 15) is 17.9 Å². The van der Waals surface area contributed by atoms with Crippen molar-refractivity contribution < 1.29 is 17.9 Å². The fraction of sp³-hybridized carbons (Fsp3) is 0.125. The number of hydrogen-bond acceptors (Lipinski definition) is 5. The highest BCUT2D eigenvalue weighted by Crippen LogP contribution is 2.33. The molecule has 1 unspecified atom stereocenters. The Morgan fingerprint density at radius 2 is 1.74 bits per heavy atom. The van der Waals surface area contributed by atoms with E-state index in [0.29, 0.717) is 16.5 Å². The summed E-state index contributed by atoms with van der Waals surface area (Å²) >= 11 is 0.609. The first kappa shape index (κ1) is 25.4. The number of hydrogen-bond donors (Lipinski definition) is 2. The molecule has 0 spiro atoms. The number of carbonyl (C=O) groups is 1. The molecule has 1 heterocycles. The molecule has 3 aromatic carbocycles. The van der Waals surface area contributed by atoms with Gasteiger partial charge in [-0.1, -0.05) is 71.1 Å². The molecule has 0 aliphatic heterocycles. The number of nitrogens with one attached hydrogen (secondary N) is 1. The number of anilines is 2. The van der Waals surface area contributed by atoms with Crippen LogP contribution in [-0.4, -0.2) is 23.4 Å². The summed E-state index contributed by atoms with van der Waals surface area (Å²) in [6.07, 6.45) is 0.415. The maximum atomic E-state index is 13.2. The van der Waals surface area contributed by atoms with E-state index in [4.69, 9.17) is 0 Å². The van der Waals surface area contributed by atoms with Gasteiger partial charge in [0.05, 0.1) is 23.0 Å². The Balaban J connectivity index is 1.68. The molecule has 2 N–H and O–H groups in total. The van der Waals surface area contributed by atoms with E-state index in [1.54, 1.807) is 30.3 Å². The molecule has 1 atom stereocenters. The summed E-state index contributed by atoms with van der Waals surface area (Å²) < 4.78 is 46.5. The Bertz CT molecular complexity index is 1340. The Morgan fingerprint density at radius 1 is 1.03 bits per heavy atom. The minimum absolute atomic E-state index is 0.173. The van der Waals surface area contributed by atoms with Crippen LogP contribution >= 0.6 is 34.3 Å². The lowest BCUT2D eigenvalue weighted by Crippen LogP contribution is -2.28. The molecule has 0 radical (unpaired) electrons. The predicted molar refractivity (Wildman–Crippen MR) is 144 cm³/mol. The molecule has 0 saturated heterocycles. The number of aromatic nitrogens is 2. The quantitative estimate of drug-likeness (QED) is 0.148. The first-order valence-corrected chi connectivity index (χ1v) is 13.8. The normalized spacial score (nSPS) is 11.7. The summed E-state index contributed by atoms with van der Waals surface area (Å²) in [6, 6.07) is 20.5. The Labute approximate surface area is 222 Å². The Morgan fingerprint density at radius 3 is 2.43 bits per heavy atom. The average molecular weight is 622 g/mol. The molecule has 0 bridgehead atoms. The highest BCUT2D eigenvalue weighted by molar-refractivity contribution is 14.1. The van der Waals surface area contributed by atoms with E-state index in [0.717, 1.165) is 32.7 Å². The van der Waals surface area contributed by atoms with E-state index in [-0.39, 0.29) is 29.4 Å². The van der Waals surface area contributed by atoms with Crippen molar-refractivity contribution in [3.8, 4) is 0 Å². The van der Waals surface area contributed by atoms with Crippen molar-refractivity contribution in [2.24, 2.45) is 0 Å². The SMILES string of the molecule is O=C(NCc1ccc(F)cc1)c1ccc(CI)cc1N(c1nsnc1Cc1ccccc1)S(=O)O. The number of halogens is 2. The molecule has 0 aliphatic carbocycles. The molecule has 7 nitrogen and oxygen atoms in total. The van der Waals surface area contributed by atoms with Gasteiger partial charge in [0.2, 0.25) is 0 Å². The maximum absolute atomic E-state index is 13.2. The van der Waals surface area contributed by atoms with Crippen molar-refractivity contribution in [2.75, 3.05) is 4.31 Å². The first-order valence-electron chi connectivity index (χ1n) is 10.4. The van der Waals surface area contributed by atoms with E-state index >= 15 is 0 Å². The third-order valence-electron chi connectivity index (χ3n) is 5.15. The fourth-order valence-corrected chi connectivity index (χ4v) is 5.12. The molecule has 35 heavy (non-hydrogen) atoms. The van der Waals surface area contributed by atoms with Crippen LogP contribution in [0.1, 0.15) is 32.7 Å². The van der Waals surface area contributed by atoms with Gasteiger partial charge in [0.15, 0.2) is 5.82 Å². The zero-order chi connectivity index (χ0) is 24.8. The van der Waals surface area contributed by atoms with Crippen molar-refractivity contribution in [1.29, 1.82) is 0 Å². The van der Waals surface area contributed by atoms with E-state index in [2.05, 4.69) is 36.7 Å². The van der Waals surface area contributed by atoms with Crippen LogP contribution in [0.3, 0.4) is 0 Å². The van der Waals surface area contributed by atoms with Gasteiger partial charge >= 0.3 is 0 Å². The third-order valence-corrected chi connectivity index (χ3v) is 7.26. The summed E-state index contributed by atoms with van der Waals surface area (Å²) in [7, 11) is 0. The molecule has 11 heteroatoms. The van der Waals surface area contributed by atoms with E-state index in [1.165, 1.54) is 12.1 Å². The molecular formula is C24H20FIN4O3S2. The van der Waals surface area contributed by atoms with Gasteiger partial charge in [-0.05, 0) is 41.0 Å². The summed E-state index contributed by atoms with van der Waals surface area (Å²) in [4.78, 5) is 13.2. The summed E-state index contributed by atoms with van der Waals surface area (Å²) in [5.74, 6) is -0.577. The third kappa shape index (κ3) is 6.28. The Hall–Kier alpha value is -2.74. The van der Waals surface area contributed by atoms with Crippen LogP contribution in [0.5, 0.6) is 0 Å². The molecule has 4 rings (SSSR count). The number of benzene rings is 3. The minimum atomic E-state index is -2.52. The number of rotatable bonds is 9. The van der Waals surface area contributed by atoms with Crippen LogP contribution < -0.4 is 9.62 Å². The summed E-state index contributed by atoms with van der Waals surface area (Å²) in [5.41, 5.74) is 3.56. The standard InChI is InChI=1S/C24H20FIN4O3S2/c25-19-9-6-17(7-10-19)15-27-24(31)20-11-8-18(14-26)13-22(20)30(35(32)33)23-21(28-34-29-23)12-16-4-2-1-3-5-16/h1-11,13H,12,14-15H2,(H,27,31)(H,32,33). The zero-order valence-electron chi connectivity index (χ0n) is 18.2. The van der Waals surface area contributed by atoms with E-state index in [1.807, 2.05) is 30.3 Å². The van der Waals surface area contributed by atoms with Crippen molar-refractivity contribution >= 4 is 63.0 Å². The van der Waals surface area contributed by atoms with Gasteiger partial charge < -0.3 is 5.32 Å². The van der Waals surface area contributed by atoms with Crippen molar-refractivity contribution in [1.82, 2.24) is 14.1 Å². The molecule has 1 amide bonds. The van der Waals surface area contributed by atoms with Crippen LogP contribution in [-0.2, 0) is 28.7 Å². The van der Waals surface area contributed by atoms with Gasteiger partial charge in [0.1, 0.15) is 11.5 Å². The number of alkyl halides is 1. The largest absolute Gasteiger partial charge is 0.348 e. The molecular weight excluding hydrogens is 602 g/mol. The molecule has 0 aliphatic rings. The fourth-order valence-electron chi connectivity index (χ4n) is 3.43. The van der Waals surface area contributed by atoms with Gasteiger partial charge in [-0.2, -0.15) is 8.75 Å². The average Bonchev–Trinajstić information content (AvgIpc) is 3.31. The molecule has 4 aromatic rings. The number of amides is 1. The number of carbonyl (C=O) groups excluding carboxylic acids is 1. The lowest BCUT2D eigenvalue weighted by molar-refractivity contribution is 0.0951. The lowest BCUT2D eigenvalue weighted by Gasteiger charge is -2.22. The van der Waals surface area contributed by atoms with Crippen LogP contribution in [0.4, 0.5) is 15.9 Å². The monoisotopic (exact) mass is 622 g/mol. The van der Waals surface area contributed by atoms with Gasteiger partial charge in [-0.15, -0.1) is 0 Å². The topological polar surface area (TPSA) is 95.4 Å². The minimum Gasteiger partial charge on any atom is -0.348 e. The van der Waals surface area contributed by atoms with Crippen molar-refractivity contribution in [3.05, 3.63) is 107 Å². The van der Waals surface area contributed by atoms with Crippen LogP contribution in [0.15, 0.2) is 72.8 Å². The predicted octanol–water partition coefficient (Wildman–Crippen LogP) is 5.41. The number of nitrogens with zero attached hydrogens (tertiary/aromatic N) is 3. The maximum Gasteiger partial charge on any atom is 0.268 e. The highest BCUT2D eigenvalue weighted by atomic mass is 127. The van der Waals surface area contributed by atoms with Crippen LogP contribution in [0, 0.1) is 5.82 Å². The van der Waals surface area contributed by atoms with Crippen molar-refractivity contribution in [3.63, 3.8) is 0 Å². The van der Waals surface area contributed by atoms with Gasteiger partial charge in [0, 0.05) is 17.4 Å². The first-order chi connectivity index (χ1) is 17.0. The van der Waals surface area contributed by atoms with Crippen molar-refractivity contribution in [2.45, 2.75) is 17.4 Å². The second-order valence-electron chi connectivity index (χ2n) is 7.52. The highest BCUT2D eigenvalue weighted by Gasteiger charge is 2.27. The second-order valence-corrected chi connectivity index (χ2v) is 9.63. The van der Waals surface area contributed by atoms with Gasteiger partial charge in [0.25, 0.3) is 17.2 Å². The molecule has 0 saturated carbocycles. The zero-order valence-corrected chi connectivity index (χ0v) is 22.0. The molecule has 180 valence electrons. The second kappa shape index (κ2) is 11.8. The Kier molecular flexibility index (Phi) is 8.55. The van der Waals surface area contributed by atoms with Crippen LogP contribution in [0.25, 0.3) is 0 Å². The molecule has 1 aromatic heterocycles. The lowest BCUT2D eigenvalue weighted by atomic mass is 10.1. The smallest absolute Gasteiger partial charge is 0.268 e. The summed E-state index contributed by atoms with van der Waals surface area (Å²) in [6.45, 7) is 0.173. The van der Waals surface area contributed by atoms with Gasteiger partial charge in [-0.25, -0.2) is 12.9 Å². The molecule has 0 fully saturated rings. The van der Waals surface area contributed by atoms with E-state index < -0.39 is 17.2 Å².